The lowest BCUT2D eigenvalue weighted by atomic mass is 10.1. The molecular weight excluding hydrogens is 386 g/mol. The minimum absolute atomic E-state index is 0.182. The molecule has 2 heterocycles. The zero-order valence-electron chi connectivity index (χ0n) is 16.7. The number of rotatable bonds is 6. The fourth-order valence-corrected chi connectivity index (χ4v) is 3.55. The number of aromatic nitrogens is 2. The monoisotopic (exact) mass is 413 g/mol. The number of aliphatic imine (C=N–C) groups is 1. The largest absolute Gasteiger partial charge is 0.433 e. The van der Waals surface area contributed by atoms with Gasteiger partial charge in [-0.05, 0) is 75.6 Å². The molecular formula is C20H27N7OS. The molecule has 8 nitrogen and oxygen atoms in total. The topological polar surface area (TPSA) is 129 Å². The summed E-state index contributed by atoms with van der Waals surface area (Å²) in [4.78, 5) is 16.6. The van der Waals surface area contributed by atoms with E-state index in [1.54, 1.807) is 12.4 Å². The second kappa shape index (κ2) is 9.73. The number of piperidine rings is 1. The normalized spacial score (nSPS) is 16.4. The maximum Gasteiger partial charge on any atom is 0.263 e. The van der Waals surface area contributed by atoms with Crippen LogP contribution >= 0.6 is 11.9 Å². The highest BCUT2D eigenvalue weighted by Gasteiger charge is 2.15. The first-order chi connectivity index (χ1) is 14.0. The van der Waals surface area contributed by atoms with Crippen LogP contribution in [0.25, 0.3) is 11.3 Å². The minimum atomic E-state index is 0.182. The van der Waals surface area contributed by atoms with Crippen LogP contribution < -0.4 is 21.3 Å². The van der Waals surface area contributed by atoms with Crippen LogP contribution in [0, 0.1) is 6.92 Å². The number of nitrogen functional groups attached to an aromatic ring is 1. The third-order valence-corrected chi connectivity index (χ3v) is 5.24. The van der Waals surface area contributed by atoms with E-state index < -0.39 is 0 Å². The summed E-state index contributed by atoms with van der Waals surface area (Å²) in [7, 11) is 2.12. The molecule has 0 bridgehead atoms. The summed E-state index contributed by atoms with van der Waals surface area (Å²) in [5, 5.41) is 5.70. The van der Waals surface area contributed by atoms with Crippen molar-refractivity contribution in [3.8, 4) is 17.1 Å². The van der Waals surface area contributed by atoms with E-state index in [1.165, 1.54) is 18.1 Å². The fraction of sp³-hybridized carbons (Fsp3) is 0.350. The summed E-state index contributed by atoms with van der Waals surface area (Å²) in [5.41, 5.74) is 14.3. The zero-order chi connectivity index (χ0) is 20.8. The van der Waals surface area contributed by atoms with E-state index in [-0.39, 0.29) is 17.7 Å². The Balaban J connectivity index is 1.78. The molecule has 3 rings (SSSR count). The van der Waals surface area contributed by atoms with E-state index in [0.29, 0.717) is 11.5 Å². The molecule has 1 aliphatic heterocycles. The van der Waals surface area contributed by atoms with Crippen molar-refractivity contribution in [1.82, 2.24) is 14.9 Å². The standard InChI is InChI=1S/C20H27N7OS/c1-13-7-14(9-17(8-13)29-23)18-12-25-19(22)20(26-18)28-16(10-21)11-24-15-3-5-27(2)6-4-15/h7-12,15H,3-6,21,23H2,1-2H3,(H2,22,25). The van der Waals surface area contributed by atoms with Crippen LogP contribution in [0.2, 0.25) is 0 Å². The summed E-state index contributed by atoms with van der Waals surface area (Å²) in [6.07, 6.45) is 6.62. The van der Waals surface area contributed by atoms with Crippen LogP contribution in [0.1, 0.15) is 18.4 Å². The molecule has 0 saturated carbocycles. The lowest BCUT2D eigenvalue weighted by Crippen LogP contribution is -2.32. The molecule has 6 N–H and O–H groups in total. The van der Waals surface area contributed by atoms with Gasteiger partial charge in [0.2, 0.25) is 0 Å². The van der Waals surface area contributed by atoms with Gasteiger partial charge < -0.3 is 21.1 Å². The average molecular weight is 414 g/mol. The van der Waals surface area contributed by atoms with E-state index in [0.717, 1.165) is 42.0 Å². The van der Waals surface area contributed by atoms with Crippen molar-refractivity contribution in [3.05, 3.63) is 41.9 Å². The van der Waals surface area contributed by atoms with Crippen LogP contribution in [-0.2, 0) is 0 Å². The zero-order valence-corrected chi connectivity index (χ0v) is 17.5. The third kappa shape index (κ3) is 5.69. The van der Waals surface area contributed by atoms with E-state index in [9.17, 15) is 0 Å². The van der Waals surface area contributed by atoms with Gasteiger partial charge in [-0.15, -0.1) is 0 Å². The highest BCUT2D eigenvalue weighted by atomic mass is 32.2. The summed E-state index contributed by atoms with van der Waals surface area (Å²) >= 11 is 1.18. The molecule has 0 atom stereocenters. The lowest BCUT2D eigenvalue weighted by Gasteiger charge is -2.26. The number of hydrogen-bond donors (Lipinski definition) is 3. The Labute approximate surface area is 175 Å². The molecule has 0 amide bonds. The molecule has 9 heteroatoms. The van der Waals surface area contributed by atoms with Gasteiger partial charge in [0.05, 0.1) is 24.1 Å². The first-order valence-electron chi connectivity index (χ1n) is 9.41. The number of nitrogens with two attached hydrogens (primary N) is 3. The van der Waals surface area contributed by atoms with Crippen molar-refractivity contribution >= 4 is 24.0 Å². The first kappa shape index (κ1) is 21.1. The lowest BCUT2D eigenvalue weighted by molar-refractivity contribution is 0.257. The number of hydrogen-bond acceptors (Lipinski definition) is 9. The van der Waals surface area contributed by atoms with Crippen LogP contribution in [0.3, 0.4) is 0 Å². The predicted octanol–water partition coefficient (Wildman–Crippen LogP) is 2.34. The van der Waals surface area contributed by atoms with E-state index in [4.69, 9.17) is 21.3 Å². The Morgan fingerprint density at radius 1 is 1.31 bits per heavy atom. The van der Waals surface area contributed by atoms with E-state index >= 15 is 0 Å². The molecule has 0 unspecified atom stereocenters. The Kier molecular flexibility index (Phi) is 7.08. The van der Waals surface area contributed by atoms with Gasteiger partial charge in [0, 0.05) is 16.7 Å². The highest BCUT2D eigenvalue weighted by molar-refractivity contribution is 7.97. The van der Waals surface area contributed by atoms with Crippen LogP contribution in [0.5, 0.6) is 5.88 Å². The molecule has 154 valence electrons. The molecule has 2 aromatic rings. The SMILES string of the molecule is Cc1cc(SN)cc(-c2cnc(N)c(OC(C=NC3CCN(C)CC3)=CN)n2)c1. The molecule has 0 aliphatic carbocycles. The molecule has 29 heavy (non-hydrogen) atoms. The van der Waals surface area contributed by atoms with Crippen LogP contribution in [0.4, 0.5) is 5.82 Å². The van der Waals surface area contributed by atoms with E-state index in [2.05, 4.69) is 26.9 Å². The number of nitrogens with zero attached hydrogens (tertiary/aromatic N) is 4. The van der Waals surface area contributed by atoms with Gasteiger partial charge in [0.15, 0.2) is 11.6 Å². The van der Waals surface area contributed by atoms with Gasteiger partial charge in [0.1, 0.15) is 0 Å². The van der Waals surface area contributed by atoms with E-state index in [1.807, 2.05) is 25.1 Å². The van der Waals surface area contributed by atoms with Gasteiger partial charge in [-0.1, -0.05) is 0 Å². The number of ether oxygens (including phenoxy) is 1. The van der Waals surface area contributed by atoms with Gasteiger partial charge in [-0.3, -0.25) is 10.1 Å². The molecule has 1 aliphatic rings. The van der Waals surface area contributed by atoms with Crippen LogP contribution in [0.15, 0.2) is 46.2 Å². The molecule has 1 fully saturated rings. The molecule has 0 spiro atoms. The summed E-state index contributed by atoms with van der Waals surface area (Å²) in [6.45, 7) is 4.06. The predicted molar refractivity (Wildman–Crippen MR) is 119 cm³/mol. The minimum Gasteiger partial charge on any atom is -0.433 e. The molecule has 0 radical (unpaired) electrons. The maximum atomic E-state index is 5.97. The summed E-state index contributed by atoms with van der Waals surface area (Å²) in [5.74, 6) is 0.754. The highest BCUT2D eigenvalue weighted by Crippen LogP contribution is 2.27. The average Bonchev–Trinajstić information content (AvgIpc) is 2.73. The van der Waals surface area contributed by atoms with Crippen molar-refractivity contribution in [1.29, 1.82) is 0 Å². The molecule has 1 aromatic carbocycles. The number of likely N-dealkylation sites (tertiary alicyclic amines) is 1. The van der Waals surface area contributed by atoms with Crippen molar-refractivity contribution in [2.45, 2.75) is 30.7 Å². The number of allylic oxidation sites excluding steroid dienone is 1. The van der Waals surface area contributed by atoms with Gasteiger partial charge in [-0.2, -0.15) is 0 Å². The molecule has 1 aromatic heterocycles. The summed E-state index contributed by atoms with van der Waals surface area (Å²) < 4.78 is 5.80. The maximum absolute atomic E-state index is 5.97. The Morgan fingerprint density at radius 3 is 2.76 bits per heavy atom. The first-order valence-corrected chi connectivity index (χ1v) is 10.3. The number of benzene rings is 1. The van der Waals surface area contributed by atoms with Gasteiger partial charge in [-0.25, -0.2) is 9.97 Å². The quantitative estimate of drug-likeness (QED) is 0.374. The van der Waals surface area contributed by atoms with Crippen molar-refractivity contribution in [2.75, 3.05) is 25.9 Å². The smallest absolute Gasteiger partial charge is 0.263 e. The Hall–Kier alpha value is -2.62. The Bertz CT molecular complexity index is 908. The molecule has 1 saturated heterocycles. The number of anilines is 1. The van der Waals surface area contributed by atoms with Crippen molar-refractivity contribution in [3.63, 3.8) is 0 Å². The van der Waals surface area contributed by atoms with Crippen molar-refractivity contribution < 1.29 is 4.74 Å². The summed E-state index contributed by atoms with van der Waals surface area (Å²) in [6, 6.07) is 6.22. The number of aryl methyl sites for hydroxylation is 1. The second-order valence-electron chi connectivity index (χ2n) is 7.08. The Morgan fingerprint density at radius 2 is 2.07 bits per heavy atom. The van der Waals surface area contributed by atoms with Gasteiger partial charge >= 0.3 is 0 Å². The fourth-order valence-electron chi connectivity index (χ4n) is 3.10. The van der Waals surface area contributed by atoms with Crippen molar-refractivity contribution in [2.24, 2.45) is 15.9 Å². The second-order valence-corrected chi connectivity index (χ2v) is 7.79. The van der Waals surface area contributed by atoms with Crippen LogP contribution in [-0.4, -0.2) is 47.3 Å². The third-order valence-electron chi connectivity index (χ3n) is 4.73. The van der Waals surface area contributed by atoms with Gasteiger partial charge in [0.25, 0.3) is 5.88 Å².